The van der Waals surface area contributed by atoms with E-state index in [4.69, 9.17) is 0 Å². The minimum Gasteiger partial charge on any atom is -0.234 e. The average Bonchev–Trinajstić information content (AvgIpc) is 3.09. The maximum atomic E-state index is 2.57. The molecule has 0 bridgehead atoms. The highest BCUT2D eigenvalue weighted by molar-refractivity contribution is 4.84. The van der Waals surface area contributed by atoms with Gasteiger partial charge in [0.1, 0.15) is 12.4 Å². The fourth-order valence-electron chi connectivity index (χ4n) is 4.20. The lowest BCUT2D eigenvalue weighted by Gasteiger charge is -2.06. The molecular formula is C26H51N2+. The normalized spacial score (nSPS) is 11.4. The lowest BCUT2D eigenvalue weighted by Crippen LogP contribution is -2.37. The largest absolute Gasteiger partial charge is 0.256 e. The van der Waals surface area contributed by atoms with Crippen LogP contribution in [0.15, 0.2) is 12.4 Å². The first-order valence-electron chi connectivity index (χ1n) is 12.9. The van der Waals surface area contributed by atoms with Crippen LogP contribution in [0.2, 0.25) is 0 Å². The van der Waals surface area contributed by atoms with E-state index >= 15 is 0 Å². The molecule has 0 saturated heterocycles. The number of unbranched alkanes of at least 4 members (excludes halogenated alkanes) is 14. The van der Waals surface area contributed by atoms with Crippen molar-refractivity contribution in [3.05, 3.63) is 18.2 Å². The Bertz CT molecular complexity index is 420. The van der Waals surface area contributed by atoms with Crippen LogP contribution in [-0.4, -0.2) is 4.57 Å². The number of imidazole rings is 1. The highest BCUT2D eigenvalue weighted by Crippen LogP contribution is 2.12. The topological polar surface area (TPSA) is 8.81 Å². The Balaban J connectivity index is 2.37. The molecule has 2 nitrogen and oxygen atoms in total. The predicted octanol–water partition coefficient (Wildman–Crippen LogP) is 8.01. The van der Waals surface area contributed by atoms with Gasteiger partial charge in [-0.1, -0.05) is 97.8 Å². The van der Waals surface area contributed by atoms with E-state index in [-0.39, 0.29) is 0 Å². The van der Waals surface area contributed by atoms with E-state index in [0.717, 1.165) is 0 Å². The van der Waals surface area contributed by atoms with Crippen molar-refractivity contribution < 1.29 is 4.57 Å². The second-order valence-electron chi connectivity index (χ2n) is 8.80. The van der Waals surface area contributed by atoms with Gasteiger partial charge in [0.2, 0.25) is 0 Å². The fraction of sp³-hybridized carbons (Fsp3) is 0.885. The second-order valence-corrected chi connectivity index (χ2v) is 8.80. The van der Waals surface area contributed by atoms with Gasteiger partial charge in [0, 0.05) is 6.42 Å². The Morgan fingerprint density at radius 3 is 1.71 bits per heavy atom. The third-order valence-corrected chi connectivity index (χ3v) is 6.10. The molecule has 0 aromatic carbocycles. The molecule has 28 heavy (non-hydrogen) atoms. The Labute approximate surface area is 177 Å². The molecule has 1 aromatic heterocycles. The van der Waals surface area contributed by atoms with Crippen LogP contribution in [0.3, 0.4) is 0 Å². The second kappa shape index (κ2) is 18.3. The van der Waals surface area contributed by atoms with Gasteiger partial charge in [0.25, 0.3) is 5.82 Å². The van der Waals surface area contributed by atoms with E-state index in [1.807, 2.05) is 0 Å². The van der Waals surface area contributed by atoms with Crippen LogP contribution >= 0.6 is 0 Å². The molecule has 0 aliphatic carbocycles. The quantitative estimate of drug-likeness (QED) is 0.157. The first-order chi connectivity index (χ1) is 13.8. The maximum absolute atomic E-state index is 2.57. The number of hydrogen-bond donors (Lipinski definition) is 0. The minimum atomic E-state index is 1.22. The maximum Gasteiger partial charge on any atom is 0.256 e. The summed E-state index contributed by atoms with van der Waals surface area (Å²) < 4.78 is 5.14. The summed E-state index contributed by atoms with van der Waals surface area (Å²) in [7, 11) is 0. The summed E-state index contributed by atoms with van der Waals surface area (Å²) in [5, 5.41) is 0. The molecular weight excluding hydrogens is 340 g/mol. The summed E-state index contributed by atoms with van der Waals surface area (Å²) in [6.07, 6.45) is 29.6. The van der Waals surface area contributed by atoms with E-state index in [1.54, 1.807) is 5.82 Å². The number of aryl methyl sites for hydroxylation is 2. The van der Waals surface area contributed by atoms with Crippen LogP contribution in [0, 0.1) is 0 Å². The molecule has 0 N–H and O–H groups in total. The summed E-state index contributed by atoms with van der Waals surface area (Å²) in [5.74, 6) is 1.59. The van der Waals surface area contributed by atoms with Crippen molar-refractivity contribution in [3.63, 3.8) is 0 Å². The molecule has 1 aromatic rings. The summed E-state index contributed by atoms with van der Waals surface area (Å²) in [4.78, 5) is 0. The van der Waals surface area contributed by atoms with Crippen LogP contribution in [0.25, 0.3) is 0 Å². The van der Waals surface area contributed by atoms with Crippen LogP contribution in [0.5, 0.6) is 0 Å². The Morgan fingerprint density at radius 1 is 0.607 bits per heavy atom. The Morgan fingerprint density at radius 2 is 1.11 bits per heavy atom. The molecule has 0 unspecified atom stereocenters. The molecule has 0 amide bonds. The monoisotopic (exact) mass is 391 g/mol. The van der Waals surface area contributed by atoms with Crippen molar-refractivity contribution in [1.82, 2.24) is 4.57 Å². The van der Waals surface area contributed by atoms with E-state index in [2.05, 4.69) is 42.3 Å². The smallest absolute Gasteiger partial charge is 0.234 e. The van der Waals surface area contributed by atoms with Gasteiger partial charge in [-0.2, -0.15) is 0 Å². The van der Waals surface area contributed by atoms with Gasteiger partial charge >= 0.3 is 0 Å². The number of rotatable bonds is 20. The van der Waals surface area contributed by atoms with Crippen molar-refractivity contribution in [2.24, 2.45) is 0 Å². The van der Waals surface area contributed by atoms with Crippen LogP contribution < -0.4 is 4.57 Å². The SMILES string of the molecule is CCCCCCCCCCCc1n(CCCCCC)cc[n+]1CCCCCC. The van der Waals surface area contributed by atoms with E-state index in [9.17, 15) is 0 Å². The van der Waals surface area contributed by atoms with Gasteiger partial charge in [-0.15, -0.1) is 0 Å². The van der Waals surface area contributed by atoms with Gasteiger partial charge in [0.15, 0.2) is 0 Å². The number of nitrogens with zero attached hydrogens (tertiary/aromatic N) is 2. The summed E-state index contributed by atoms with van der Waals surface area (Å²) in [6, 6.07) is 0. The molecule has 0 spiro atoms. The van der Waals surface area contributed by atoms with Crippen LogP contribution in [0.4, 0.5) is 0 Å². The summed E-state index contributed by atoms with van der Waals surface area (Å²) in [5.41, 5.74) is 0. The van der Waals surface area contributed by atoms with Crippen LogP contribution in [-0.2, 0) is 19.5 Å². The van der Waals surface area contributed by atoms with Gasteiger partial charge in [-0.3, -0.25) is 0 Å². The number of hydrogen-bond acceptors (Lipinski definition) is 0. The molecule has 0 aliphatic rings. The van der Waals surface area contributed by atoms with Crippen molar-refractivity contribution in [2.75, 3.05) is 0 Å². The molecule has 1 rings (SSSR count). The van der Waals surface area contributed by atoms with Crippen LogP contribution in [0.1, 0.15) is 136 Å². The third kappa shape index (κ3) is 11.9. The zero-order valence-electron chi connectivity index (χ0n) is 19.7. The summed E-state index contributed by atoms with van der Waals surface area (Å²) >= 11 is 0. The summed E-state index contributed by atoms with van der Waals surface area (Å²) in [6.45, 7) is 9.34. The average molecular weight is 392 g/mol. The van der Waals surface area contributed by atoms with Gasteiger partial charge in [-0.25, -0.2) is 9.13 Å². The molecule has 0 fully saturated rings. The zero-order chi connectivity index (χ0) is 20.3. The third-order valence-electron chi connectivity index (χ3n) is 6.10. The van der Waals surface area contributed by atoms with Gasteiger partial charge < -0.3 is 0 Å². The Hall–Kier alpha value is -0.790. The number of aromatic nitrogens is 2. The minimum absolute atomic E-state index is 1.22. The standard InChI is InChI=1S/C26H51N2/c1-4-7-10-13-14-15-16-17-18-21-26-27(22-19-11-8-5-2)24-25-28(26)23-20-12-9-6-3/h24-25H,4-23H2,1-3H3/q+1. The molecule has 2 heteroatoms. The van der Waals surface area contributed by atoms with Crippen molar-refractivity contribution >= 4 is 0 Å². The zero-order valence-corrected chi connectivity index (χ0v) is 19.7. The molecule has 0 aliphatic heterocycles. The fourth-order valence-corrected chi connectivity index (χ4v) is 4.20. The van der Waals surface area contributed by atoms with E-state index in [1.165, 1.54) is 129 Å². The molecule has 0 radical (unpaired) electrons. The first kappa shape index (κ1) is 25.2. The molecule has 0 atom stereocenters. The highest BCUT2D eigenvalue weighted by atomic mass is 15.1. The molecule has 1 heterocycles. The van der Waals surface area contributed by atoms with Gasteiger partial charge in [-0.05, 0) is 32.1 Å². The van der Waals surface area contributed by atoms with E-state index in [0.29, 0.717) is 0 Å². The highest BCUT2D eigenvalue weighted by Gasteiger charge is 2.16. The lowest BCUT2D eigenvalue weighted by molar-refractivity contribution is -0.704. The molecule has 0 saturated carbocycles. The molecule has 164 valence electrons. The predicted molar refractivity (Wildman–Crippen MR) is 124 cm³/mol. The van der Waals surface area contributed by atoms with Crippen molar-refractivity contribution in [3.8, 4) is 0 Å². The first-order valence-corrected chi connectivity index (χ1v) is 12.9. The van der Waals surface area contributed by atoms with Crippen molar-refractivity contribution in [1.29, 1.82) is 0 Å². The Kier molecular flexibility index (Phi) is 16.5. The van der Waals surface area contributed by atoms with Crippen molar-refractivity contribution in [2.45, 2.75) is 149 Å². The van der Waals surface area contributed by atoms with E-state index < -0.39 is 0 Å². The lowest BCUT2D eigenvalue weighted by atomic mass is 10.1. The van der Waals surface area contributed by atoms with Gasteiger partial charge in [0.05, 0.1) is 13.1 Å².